The smallest absolute Gasteiger partial charge is 0.159 e. The number of allylic oxidation sites excluding steroid dienone is 2. The molecular formula is C30H46O2. The molecule has 5 aliphatic carbocycles. The highest BCUT2D eigenvalue weighted by atomic mass is 16.1. The molecule has 4 saturated carbocycles. The van der Waals surface area contributed by atoms with Crippen LogP contribution in [0.3, 0.4) is 0 Å². The van der Waals surface area contributed by atoms with Gasteiger partial charge in [-0.25, -0.2) is 0 Å². The highest BCUT2D eigenvalue weighted by Gasteiger charge is 2.69. The second kappa shape index (κ2) is 6.60. The van der Waals surface area contributed by atoms with Gasteiger partial charge in [-0.05, 0) is 95.9 Å². The molecule has 7 atom stereocenters. The summed E-state index contributed by atoms with van der Waals surface area (Å²) in [6.45, 7) is 19.1. The van der Waals surface area contributed by atoms with Crippen molar-refractivity contribution in [3.8, 4) is 0 Å². The van der Waals surface area contributed by atoms with E-state index in [4.69, 9.17) is 0 Å². The van der Waals surface area contributed by atoms with Gasteiger partial charge in [-0.1, -0.05) is 61.0 Å². The second-order valence-electron chi connectivity index (χ2n) is 14.4. The van der Waals surface area contributed by atoms with Gasteiger partial charge in [-0.15, -0.1) is 0 Å². The van der Waals surface area contributed by atoms with E-state index < -0.39 is 0 Å². The summed E-state index contributed by atoms with van der Waals surface area (Å²) in [5, 5.41) is 0. The quantitative estimate of drug-likeness (QED) is 0.423. The van der Waals surface area contributed by atoms with Crippen LogP contribution >= 0.6 is 0 Å². The lowest BCUT2D eigenvalue weighted by Crippen LogP contribution is -2.65. The molecule has 0 spiro atoms. The highest BCUT2D eigenvalue weighted by molar-refractivity contribution is 6.00. The first-order valence-corrected chi connectivity index (χ1v) is 13.5. The summed E-state index contributed by atoms with van der Waals surface area (Å²) in [6, 6.07) is 0. The molecule has 0 bridgehead atoms. The van der Waals surface area contributed by atoms with Gasteiger partial charge in [-0.3, -0.25) is 9.59 Å². The first kappa shape index (κ1) is 22.9. The van der Waals surface area contributed by atoms with Gasteiger partial charge >= 0.3 is 0 Å². The molecule has 0 amide bonds. The largest absolute Gasteiger partial charge is 0.299 e. The molecule has 2 heteroatoms. The van der Waals surface area contributed by atoms with Crippen LogP contribution in [-0.2, 0) is 9.59 Å². The standard InChI is InChI=1S/C30H46O2/c1-18(2)24-20(31)17-27(5)15-16-29(7)19(25(24)27)9-10-22-28(6)13-12-23(32)26(3,4)21(28)11-14-30(22,29)8/h18-19,21-22H,9-17H2,1-8H3. The van der Waals surface area contributed by atoms with E-state index in [0.29, 0.717) is 40.7 Å². The van der Waals surface area contributed by atoms with Crippen molar-refractivity contribution in [2.45, 2.75) is 113 Å². The van der Waals surface area contributed by atoms with Crippen LogP contribution in [0, 0.1) is 50.7 Å². The molecule has 0 aromatic rings. The van der Waals surface area contributed by atoms with E-state index in [9.17, 15) is 9.59 Å². The van der Waals surface area contributed by atoms with Crippen molar-refractivity contribution in [1.82, 2.24) is 0 Å². The fourth-order valence-corrected chi connectivity index (χ4v) is 10.7. The first-order chi connectivity index (χ1) is 14.7. The second-order valence-corrected chi connectivity index (χ2v) is 14.4. The molecule has 0 aliphatic heterocycles. The number of fused-ring (bicyclic) bond motifs is 7. The molecule has 32 heavy (non-hydrogen) atoms. The lowest BCUT2D eigenvalue weighted by molar-refractivity contribution is -0.210. The molecule has 0 N–H and O–H groups in total. The van der Waals surface area contributed by atoms with Crippen LogP contribution in [0.1, 0.15) is 113 Å². The predicted molar refractivity (Wildman–Crippen MR) is 130 cm³/mol. The number of rotatable bonds is 1. The van der Waals surface area contributed by atoms with Crippen LogP contribution in [0.2, 0.25) is 0 Å². The number of hydrogen-bond donors (Lipinski definition) is 0. The number of carbonyl (C=O) groups excluding carboxylic acids is 2. The average molecular weight is 439 g/mol. The van der Waals surface area contributed by atoms with Gasteiger partial charge in [0.25, 0.3) is 0 Å². The van der Waals surface area contributed by atoms with Gasteiger partial charge < -0.3 is 0 Å². The van der Waals surface area contributed by atoms with Crippen LogP contribution in [0.4, 0.5) is 0 Å². The van der Waals surface area contributed by atoms with Gasteiger partial charge in [0.1, 0.15) is 5.78 Å². The monoisotopic (exact) mass is 438 g/mol. The summed E-state index contributed by atoms with van der Waals surface area (Å²) in [7, 11) is 0. The summed E-state index contributed by atoms with van der Waals surface area (Å²) in [4.78, 5) is 26.1. The Kier molecular flexibility index (Phi) is 4.71. The predicted octanol–water partition coefficient (Wildman–Crippen LogP) is 7.56. The molecule has 5 aliphatic rings. The van der Waals surface area contributed by atoms with Crippen molar-refractivity contribution in [3.05, 3.63) is 11.1 Å². The van der Waals surface area contributed by atoms with Gasteiger partial charge in [0.15, 0.2) is 5.78 Å². The molecular weight excluding hydrogens is 392 g/mol. The van der Waals surface area contributed by atoms with E-state index in [2.05, 4.69) is 55.4 Å². The summed E-state index contributed by atoms with van der Waals surface area (Å²) in [5.41, 5.74) is 3.52. The van der Waals surface area contributed by atoms with Crippen molar-refractivity contribution in [1.29, 1.82) is 0 Å². The molecule has 4 fully saturated rings. The van der Waals surface area contributed by atoms with E-state index in [0.717, 1.165) is 19.3 Å². The van der Waals surface area contributed by atoms with Crippen LogP contribution in [0.25, 0.3) is 0 Å². The molecule has 2 nitrogen and oxygen atoms in total. The fourth-order valence-electron chi connectivity index (χ4n) is 10.7. The SMILES string of the molecule is CC(C)C1=C2C3CCC4C5(C)CCC(=O)C(C)(C)C5CCC4(C)C3(C)CCC2(C)CC1=O. The van der Waals surface area contributed by atoms with Crippen molar-refractivity contribution in [2.75, 3.05) is 0 Å². The molecule has 0 radical (unpaired) electrons. The van der Waals surface area contributed by atoms with Crippen molar-refractivity contribution in [3.63, 3.8) is 0 Å². The average Bonchev–Trinajstić information content (AvgIpc) is 2.96. The number of Topliss-reactive ketones (excluding diaryl/α,β-unsaturated/α-hetero) is 2. The van der Waals surface area contributed by atoms with Crippen LogP contribution < -0.4 is 0 Å². The zero-order chi connectivity index (χ0) is 23.5. The van der Waals surface area contributed by atoms with Crippen LogP contribution in [0.5, 0.6) is 0 Å². The molecule has 0 heterocycles. The Morgan fingerprint density at radius 1 is 0.781 bits per heavy atom. The zero-order valence-corrected chi connectivity index (χ0v) is 22.0. The zero-order valence-electron chi connectivity index (χ0n) is 22.0. The Morgan fingerprint density at radius 2 is 1.47 bits per heavy atom. The van der Waals surface area contributed by atoms with E-state index in [1.165, 1.54) is 44.1 Å². The molecule has 0 saturated heterocycles. The lowest BCUT2D eigenvalue weighted by atomic mass is 9.33. The topological polar surface area (TPSA) is 34.1 Å². The van der Waals surface area contributed by atoms with Gasteiger partial charge in [0.2, 0.25) is 0 Å². The minimum Gasteiger partial charge on any atom is -0.299 e. The number of hydrogen-bond acceptors (Lipinski definition) is 2. The Morgan fingerprint density at radius 3 is 2.12 bits per heavy atom. The maximum Gasteiger partial charge on any atom is 0.159 e. The highest BCUT2D eigenvalue weighted by Crippen LogP contribution is 2.76. The Labute approximate surface area is 196 Å². The minimum absolute atomic E-state index is 0.102. The van der Waals surface area contributed by atoms with Gasteiger partial charge in [0.05, 0.1) is 0 Å². The molecule has 7 unspecified atom stereocenters. The first-order valence-electron chi connectivity index (χ1n) is 13.5. The number of carbonyl (C=O) groups is 2. The Balaban J connectivity index is 1.60. The third-order valence-electron chi connectivity index (χ3n) is 12.5. The van der Waals surface area contributed by atoms with Gasteiger partial charge in [0, 0.05) is 18.3 Å². The van der Waals surface area contributed by atoms with Crippen LogP contribution in [0.15, 0.2) is 11.1 Å². The fraction of sp³-hybridized carbons (Fsp3) is 0.867. The number of ketones is 2. The lowest BCUT2D eigenvalue weighted by Gasteiger charge is -2.71. The van der Waals surface area contributed by atoms with E-state index in [1.807, 2.05) is 0 Å². The van der Waals surface area contributed by atoms with Gasteiger partial charge in [-0.2, -0.15) is 0 Å². The Bertz CT molecular complexity index is 908. The van der Waals surface area contributed by atoms with E-state index in [1.54, 1.807) is 5.57 Å². The minimum atomic E-state index is -0.178. The van der Waals surface area contributed by atoms with Crippen molar-refractivity contribution < 1.29 is 9.59 Å². The summed E-state index contributed by atoms with van der Waals surface area (Å²) in [5.74, 6) is 3.04. The third kappa shape index (κ3) is 2.54. The summed E-state index contributed by atoms with van der Waals surface area (Å²) >= 11 is 0. The van der Waals surface area contributed by atoms with E-state index in [-0.39, 0.29) is 21.7 Å². The van der Waals surface area contributed by atoms with Crippen molar-refractivity contribution >= 4 is 11.6 Å². The summed E-state index contributed by atoms with van der Waals surface area (Å²) in [6.07, 6.45) is 9.97. The normalized spacial score (nSPS) is 50.1. The Hall–Kier alpha value is -0.920. The maximum atomic E-state index is 13.2. The maximum absolute atomic E-state index is 13.2. The molecule has 0 aromatic heterocycles. The molecule has 178 valence electrons. The summed E-state index contributed by atoms with van der Waals surface area (Å²) < 4.78 is 0. The van der Waals surface area contributed by atoms with Crippen LogP contribution in [-0.4, -0.2) is 11.6 Å². The third-order valence-corrected chi connectivity index (χ3v) is 12.5. The van der Waals surface area contributed by atoms with E-state index >= 15 is 0 Å². The molecule has 0 aromatic carbocycles. The molecule has 5 rings (SSSR count). The van der Waals surface area contributed by atoms with Crippen molar-refractivity contribution in [2.24, 2.45) is 50.7 Å².